The zero-order chi connectivity index (χ0) is 11.6. The van der Waals surface area contributed by atoms with E-state index in [2.05, 4.69) is 26.1 Å². The molecule has 0 amide bonds. The first-order chi connectivity index (χ1) is 6.80. The summed E-state index contributed by atoms with van der Waals surface area (Å²) in [4.78, 5) is 0. The zero-order valence-corrected chi connectivity index (χ0v) is 9.76. The summed E-state index contributed by atoms with van der Waals surface area (Å²) < 4.78 is 13.5. The Kier molecular flexibility index (Phi) is 3.22. The molecule has 0 spiro atoms. The summed E-state index contributed by atoms with van der Waals surface area (Å²) in [5.41, 5.74) is 6.52. The lowest BCUT2D eigenvalue weighted by atomic mass is 9.88. The predicted octanol–water partition coefficient (Wildman–Crippen LogP) is 3.25. The monoisotopic (exact) mass is 210 g/mol. The summed E-state index contributed by atoms with van der Waals surface area (Å²) in [5, 5.41) is 3.15. The third kappa shape index (κ3) is 3.11. The Morgan fingerprint density at radius 2 is 1.93 bits per heavy atom. The molecule has 1 aromatic carbocycles. The molecule has 0 bridgehead atoms. The van der Waals surface area contributed by atoms with Gasteiger partial charge in [0.15, 0.2) is 0 Å². The van der Waals surface area contributed by atoms with Crippen LogP contribution in [0.4, 0.5) is 15.8 Å². The number of hydrogen-bond acceptors (Lipinski definition) is 2. The highest BCUT2D eigenvalue weighted by molar-refractivity contribution is 5.53. The van der Waals surface area contributed by atoms with Crippen molar-refractivity contribution in [3.05, 3.63) is 24.0 Å². The Labute approximate surface area is 90.7 Å². The lowest BCUT2D eigenvalue weighted by Crippen LogP contribution is -2.31. The number of anilines is 2. The number of halogens is 1. The Morgan fingerprint density at radius 1 is 1.33 bits per heavy atom. The molecule has 1 atom stereocenters. The standard InChI is InChI=1S/C12H19FN2/c1-8(12(2,3)4)15-11-6-5-9(14)7-10(11)13/h5-8,15H,14H2,1-4H3. The minimum atomic E-state index is -0.300. The predicted molar refractivity (Wildman–Crippen MR) is 63.4 cm³/mol. The van der Waals surface area contributed by atoms with Gasteiger partial charge in [-0.05, 0) is 30.5 Å². The van der Waals surface area contributed by atoms with Gasteiger partial charge in [-0.1, -0.05) is 20.8 Å². The average molecular weight is 210 g/mol. The van der Waals surface area contributed by atoms with E-state index in [0.29, 0.717) is 11.4 Å². The van der Waals surface area contributed by atoms with E-state index in [1.165, 1.54) is 6.07 Å². The van der Waals surface area contributed by atoms with E-state index in [9.17, 15) is 4.39 Å². The second-order valence-corrected chi connectivity index (χ2v) is 4.97. The van der Waals surface area contributed by atoms with E-state index in [0.717, 1.165) is 0 Å². The molecule has 0 heterocycles. The maximum atomic E-state index is 13.5. The SMILES string of the molecule is CC(Nc1ccc(N)cc1F)C(C)(C)C. The molecule has 2 nitrogen and oxygen atoms in total. The van der Waals surface area contributed by atoms with Crippen molar-refractivity contribution in [2.24, 2.45) is 5.41 Å². The van der Waals surface area contributed by atoms with E-state index in [1.54, 1.807) is 12.1 Å². The first-order valence-corrected chi connectivity index (χ1v) is 5.12. The molecule has 0 radical (unpaired) electrons. The quantitative estimate of drug-likeness (QED) is 0.735. The minimum absolute atomic E-state index is 0.0911. The summed E-state index contributed by atoms with van der Waals surface area (Å²) in [5.74, 6) is -0.300. The van der Waals surface area contributed by atoms with Crippen molar-refractivity contribution in [2.45, 2.75) is 33.7 Å². The van der Waals surface area contributed by atoms with Crippen molar-refractivity contribution < 1.29 is 4.39 Å². The molecule has 0 saturated heterocycles. The number of nitrogens with two attached hydrogens (primary N) is 1. The number of rotatable bonds is 2. The van der Waals surface area contributed by atoms with Gasteiger partial charge in [0, 0.05) is 11.7 Å². The summed E-state index contributed by atoms with van der Waals surface area (Å²) in [6.45, 7) is 8.37. The van der Waals surface area contributed by atoms with Gasteiger partial charge in [0.25, 0.3) is 0 Å². The smallest absolute Gasteiger partial charge is 0.148 e. The van der Waals surface area contributed by atoms with Gasteiger partial charge in [-0.25, -0.2) is 4.39 Å². The van der Waals surface area contributed by atoms with Gasteiger partial charge in [-0.2, -0.15) is 0 Å². The third-order valence-electron chi connectivity index (χ3n) is 2.66. The van der Waals surface area contributed by atoms with Gasteiger partial charge in [0.05, 0.1) is 5.69 Å². The molecule has 15 heavy (non-hydrogen) atoms. The van der Waals surface area contributed by atoms with Gasteiger partial charge >= 0.3 is 0 Å². The lowest BCUT2D eigenvalue weighted by Gasteiger charge is -2.29. The third-order valence-corrected chi connectivity index (χ3v) is 2.66. The van der Waals surface area contributed by atoms with Crippen LogP contribution in [0.2, 0.25) is 0 Å². The highest BCUT2D eigenvalue weighted by atomic mass is 19.1. The number of benzene rings is 1. The molecular formula is C12H19FN2. The van der Waals surface area contributed by atoms with Gasteiger partial charge in [-0.3, -0.25) is 0 Å². The Balaban J connectivity index is 2.82. The van der Waals surface area contributed by atoms with Crippen molar-refractivity contribution in [2.75, 3.05) is 11.1 Å². The second-order valence-electron chi connectivity index (χ2n) is 4.97. The number of nitrogens with one attached hydrogen (secondary N) is 1. The molecule has 0 saturated carbocycles. The van der Waals surface area contributed by atoms with Crippen LogP contribution in [0.5, 0.6) is 0 Å². The van der Waals surface area contributed by atoms with Gasteiger partial charge in [0.2, 0.25) is 0 Å². The van der Waals surface area contributed by atoms with Gasteiger partial charge in [-0.15, -0.1) is 0 Å². The first kappa shape index (κ1) is 11.8. The Hall–Kier alpha value is -1.25. The van der Waals surface area contributed by atoms with Crippen LogP contribution in [-0.4, -0.2) is 6.04 Å². The van der Waals surface area contributed by atoms with E-state index >= 15 is 0 Å². The lowest BCUT2D eigenvalue weighted by molar-refractivity contribution is 0.358. The number of nitrogen functional groups attached to an aromatic ring is 1. The highest BCUT2D eigenvalue weighted by Gasteiger charge is 2.20. The minimum Gasteiger partial charge on any atom is -0.399 e. The molecule has 0 aliphatic heterocycles. The van der Waals surface area contributed by atoms with Crippen molar-refractivity contribution in [1.82, 2.24) is 0 Å². The fraction of sp³-hybridized carbons (Fsp3) is 0.500. The van der Waals surface area contributed by atoms with Gasteiger partial charge < -0.3 is 11.1 Å². The normalized spacial score (nSPS) is 13.7. The fourth-order valence-corrected chi connectivity index (χ4v) is 1.10. The maximum Gasteiger partial charge on any atom is 0.148 e. The number of hydrogen-bond donors (Lipinski definition) is 2. The van der Waals surface area contributed by atoms with E-state index in [4.69, 9.17) is 5.73 Å². The van der Waals surface area contributed by atoms with Crippen LogP contribution in [0.15, 0.2) is 18.2 Å². The van der Waals surface area contributed by atoms with Crippen LogP contribution in [0.25, 0.3) is 0 Å². The molecule has 1 unspecified atom stereocenters. The molecular weight excluding hydrogens is 191 g/mol. The average Bonchev–Trinajstić information content (AvgIpc) is 2.08. The molecule has 0 aromatic heterocycles. The molecule has 3 heteroatoms. The van der Waals surface area contributed by atoms with Crippen LogP contribution in [0, 0.1) is 11.2 Å². The molecule has 1 aromatic rings. The topological polar surface area (TPSA) is 38.0 Å². The molecule has 1 rings (SSSR count). The van der Waals surface area contributed by atoms with Crippen LogP contribution in [0.1, 0.15) is 27.7 Å². The summed E-state index contributed by atoms with van der Waals surface area (Å²) in [6, 6.07) is 4.89. The summed E-state index contributed by atoms with van der Waals surface area (Å²) in [6.07, 6.45) is 0. The van der Waals surface area contributed by atoms with E-state index < -0.39 is 0 Å². The van der Waals surface area contributed by atoms with Crippen LogP contribution >= 0.6 is 0 Å². The zero-order valence-electron chi connectivity index (χ0n) is 9.76. The highest BCUT2D eigenvalue weighted by Crippen LogP contribution is 2.25. The van der Waals surface area contributed by atoms with Crippen LogP contribution in [0.3, 0.4) is 0 Å². The molecule has 0 aliphatic rings. The largest absolute Gasteiger partial charge is 0.399 e. The fourth-order valence-electron chi connectivity index (χ4n) is 1.10. The molecule has 84 valence electrons. The van der Waals surface area contributed by atoms with Crippen LogP contribution < -0.4 is 11.1 Å². The van der Waals surface area contributed by atoms with Crippen molar-refractivity contribution >= 4 is 11.4 Å². The van der Waals surface area contributed by atoms with Crippen molar-refractivity contribution in [3.8, 4) is 0 Å². The second kappa shape index (κ2) is 4.09. The maximum absolute atomic E-state index is 13.5. The van der Waals surface area contributed by atoms with E-state index in [1.807, 2.05) is 6.92 Å². The summed E-state index contributed by atoms with van der Waals surface area (Å²) in [7, 11) is 0. The molecule has 0 fully saturated rings. The Bertz CT molecular complexity index is 342. The first-order valence-electron chi connectivity index (χ1n) is 5.12. The van der Waals surface area contributed by atoms with E-state index in [-0.39, 0.29) is 17.3 Å². The van der Waals surface area contributed by atoms with Crippen molar-refractivity contribution in [3.63, 3.8) is 0 Å². The Morgan fingerprint density at radius 3 is 2.40 bits per heavy atom. The van der Waals surface area contributed by atoms with Crippen LogP contribution in [-0.2, 0) is 0 Å². The van der Waals surface area contributed by atoms with Crippen molar-refractivity contribution in [1.29, 1.82) is 0 Å². The molecule has 0 aliphatic carbocycles. The van der Waals surface area contributed by atoms with Gasteiger partial charge in [0.1, 0.15) is 5.82 Å². The summed E-state index contributed by atoms with van der Waals surface area (Å²) >= 11 is 0. The molecule has 3 N–H and O–H groups in total.